The molecule has 0 radical (unpaired) electrons. The Morgan fingerprint density at radius 2 is 1.76 bits per heavy atom. The van der Waals surface area contributed by atoms with Gasteiger partial charge in [-0.3, -0.25) is 5.41 Å². The van der Waals surface area contributed by atoms with Gasteiger partial charge in [0.1, 0.15) is 17.3 Å². The lowest BCUT2D eigenvalue weighted by Gasteiger charge is -2.29. The normalized spacial score (nSPS) is 12.9. The van der Waals surface area contributed by atoms with E-state index in [1.807, 2.05) is 20.8 Å². The molecule has 0 aromatic heterocycles. The number of ether oxygens (including phenoxy) is 2. The molecular formula is C22H29N3O4. The van der Waals surface area contributed by atoms with Crippen LogP contribution >= 0.6 is 0 Å². The molecule has 0 amide bonds. The number of nitrogens with two attached hydrogens (primary N) is 1. The second kappa shape index (κ2) is 9.32. The van der Waals surface area contributed by atoms with Gasteiger partial charge in [0.15, 0.2) is 5.54 Å². The van der Waals surface area contributed by atoms with Crippen molar-refractivity contribution >= 4 is 17.5 Å². The van der Waals surface area contributed by atoms with Crippen molar-refractivity contribution in [2.75, 3.05) is 18.5 Å². The molecule has 0 spiro atoms. The Morgan fingerprint density at radius 1 is 1.17 bits per heavy atom. The summed E-state index contributed by atoms with van der Waals surface area (Å²) in [4.78, 5) is 12.2. The fourth-order valence-corrected chi connectivity index (χ4v) is 2.73. The van der Waals surface area contributed by atoms with Crippen molar-refractivity contribution in [3.8, 4) is 11.5 Å². The SMILES string of the molecule is CCOc1cc(OCC(C)C)cc(C(C)(Nc2ccc(C(=N)N)cc2)C(=O)O)c1. The third-order valence-corrected chi connectivity index (χ3v) is 4.37. The van der Waals surface area contributed by atoms with Crippen molar-refractivity contribution in [1.29, 1.82) is 5.41 Å². The van der Waals surface area contributed by atoms with E-state index in [-0.39, 0.29) is 5.84 Å². The Morgan fingerprint density at radius 3 is 2.24 bits per heavy atom. The maximum Gasteiger partial charge on any atom is 0.333 e. The highest BCUT2D eigenvalue weighted by Gasteiger charge is 2.36. The first-order chi connectivity index (χ1) is 13.7. The molecule has 0 fully saturated rings. The molecule has 0 heterocycles. The van der Waals surface area contributed by atoms with Gasteiger partial charge in [0.25, 0.3) is 0 Å². The molecule has 2 aromatic carbocycles. The first-order valence-corrected chi connectivity index (χ1v) is 9.53. The lowest BCUT2D eigenvalue weighted by molar-refractivity contribution is -0.142. The standard InChI is InChI=1S/C22H29N3O4/c1-5-28-18-10-16(11-19(12-18)29-13-14(2)3)22(4,21(26)27)25-17-8-6-15(7-9-17)20(23)24/h6-12,14,25H,5,13H2,1-4H3,(H3,23,24)(H,26,27). The van der Waals surface area contributed by atoms with Gasteiger partial charge in [0.2, 0.25) is 0 Å². The van der Waals surface area contributed by atoms with Gasteiger partial charge in [0.05, 0.1) is 13.2 Å². The number of nitrogens with one attached hydrogen (secondary N) is 2. The van der Waals surface area contributed by atoms with Crippen LogP contribution < -0.4 is 20.5 Å². The molecule has 7 nitrogen and oxygen atoms in total. The minimum absolute atomic E-state index is 0.0473. The number of amidine groups is 1. The van der Waals surface area contributed by atoms with Crippen molar-refractivity contribution in [2.45, 2.75) is 33.2 Å². The van der Waals surface area contributed by atoms with Crippen LogP contribution in [-0.4, -0.2) is 30.1 Å². The fourth-order valence-electron chi connectivity index (χ4n) is 2.73. The first kappa shape index (κ1) is 22.1. The monoisotopic (exact) mass is 399 g/mol. The van der Waals surface area contributed by atoms with Crippen molar-refractivity contribution in [3.05, 3.63) is 53.6 Å². The molecule has 2 aromatic rings. The van der Waals surface area contributed by atoms with Crippen LogP contribution in [0.2, 0.25) is 0 Å². The number of hydrogen-bond acceptors (Lipinski definition) is 5. The van der Waals surface area contributed by atoms with Crippen LogP contribution in [0, 0.1) is 11.3 Å². The Kier molecular flexibility index (Phi) is 7.09. The summed E-state index contributed by atoms with van der Waals surface area (Å²) >= 11 is 0. The van der Waals surface area contributed by atoms with Crippen LogP contribution in [0.3, 0.4) is 0 Å². The molecule has 156 valence electrons. The number of benzene rings is 2. The van der Waals surface area contributed by atoms with Gasteiger partial charge in [-0.25, -0.2) is 4.79 Å². The van der Waals surface area contributed by atoms with Gasteiger partial charge in [0, 0.05) is 17.3 Å². The maximum absolute atomic E-state index is 12.2. The minimum atomic E-state index is -1.43. The molecule has 0 bridgehead atoms. The fraction of sp³-hybridized carbons (Fsp3) is 0.364. The van der Waals surface area contributed by atoms with Gasteiger partial charge in [-0.1, -0.05) is 13.8 Å². The first-order valence-electron chi connectivity index (χ1n) is 9.53. The summed E-state index contributed by atoms with van der Waals surface area (Å²) in [7, 11) is 0. The molecule has 2 rings (SSSR count). The summed E-state index contributed by atoms with van der Waals surface area (Å²) in [5.41, 5.74) is 5.71. The number of nitrogen functional groups attached to an aromatic ring is 1. The highest BCUT2D eigenvalue weighted by Crippen LogP contribution is 2.33. The van der Waals surface area contributed by atoms with E-state index in [1.54, 1.807) is 49.4 Å². The number of anilines is 1. The number of aliphatic carboxylic acids is 1. The maximum atomic E-state index is 12.2. The van der Waals surface area contributed by atoms with E-state index in [0.29, 0.717) is 47.4 Å². The Balaban J connectivity index is 2.43. The Labute approximate surface area is 171 Å². The Bertz CT molecular complexity index is 865. The van der Waals surface area contributed by atoms with E-state index in [4.69, 9.17) is 20.6 Å². The summed E-state index contributed by atoms with van der Waals surface area (Å²) in [5, 5.41) is 20.6. The summed E-state index contributed by atoms with van der Waals surface area (Å²) in [5.74, 6) is 0.342. The molecular weight excluding hydrogens is 370 g/mol. The van der Waals surface area contributed by atoms with E-state index in [1.165, 1.54) is 0 Å². The molecule has 1 unspecified atom stereocenters. The number of carboxylic acid groups (broad SMARTS) is 1. The third kappa shape index (κ3) is 5.63. The summed E-state index contributed by atoms with van der Waals surface area (Å²) in [6.07, 6.45) is 0. The van der Waals surface area contributed by atoms with Crippen molar-refractivity contribution < 1.29 is 19.4 Å². The zero-order valence-corrected chi connectivity index (χ0v) is 17.3. The second-order valence-corrected chi connectivity index (χ2v) is 7.38. The average molecular weight is 399 g/mol. The topological polar surface area (TPSA) is 118 Å². The number of hydrogen-bond donors (Lipinski definition) is 4. The number of rotatable bonds is 10. The van der Waals surface area contributed by atoms with Gasteiger partial charge in [-0.05, 0) is 61.7 Å². The predicted octanol–water partition coefficient (Wildman–Crippen LogP) is 3.82. The van der Waals surface area contributed by atoms with Crippen LogP contribution in [0.15, 0.2) is 42.5 Å². The molecule has 7 heteroatoms. The highest BCUT2D eigenvalue weighted by molar-refractivity contribution is 5.95. The van der Waals surface area contributed by atoms with E-state index >= 15 is 0 Å². The van der Waals surface area contributed by atoms with Crippen LogP contribution in [0.5, 0.6) is 11.5 Å². The van der Waals surface area contributed by atoms with Crippen LogP contribution in [0.25, 0.3) is 0 Å². The van der Waals surface area contributed by atoms with Crippen LogP contribution in [-0.2, 0) is 10.3 Å². The van der Waals surface area contributed by atoms with Crippen molar-refractivity contribution in [2.24, 2.45) is 11.7 Å². The molecule has 5 N–H and O–H groups in total. The van der Waals surface area contributed by atoms with Crippen LogP contribution in [0.4, 0.5) is 5.69 Å². The lowest BCUT2D eigenvalue weighted by Crippen LogP contribution is -2.40. The molecule has 0 aliphatic carbocycles. The zero-order valence-electron chi connectivity index (χ0n) is 17.3. The minimum Gasteiger partial charge on any atom is -0.494 e. The quantitative estimate of drug-likeness (QED) is 0.356. The van der Waals surface area contributed by atoms with Gasteiger partial charge in [-0.2, -0.15) is 0 Å². The average Bonchev–Trinajstić information content (AvgIpc) is 2.66. The van der Waals surface area contributed by atoms with E-state index < -0.39 is 11.5 Å². The van der Waals surface area contributed by atoms with Gasteiger partial charge >= 0.3 is 5.97 Å². The zero-order chi connectivity index (χ0) is 21.6. The number of carboxylic acids is 1. The van der Waals surface area contributed by atoms with E-state index in [2.05, 4.69) is 5.32 Å². The van der Waals surface area contributed by atoms with E-state index in [9.17, 15) is 9.90 Å². The predicted molar refractivity (Wildman–Crippen MR) is 114 cm³/mol. The molecule has 0 saturated heterocycles. The Hall–Kier alpha value is -3.22. The highest BCUT2D eigenvalue weighted by atomic mass is 16.5. The van der Waals surface area contributed by atoms with Crippen molar-refractivity contribution in [1.82, 2.24) is 0 Å². The molecule has 29 heavy (non-hydrogen) atoms. The van der Waals surface area contributed by atoms with Crippen LogP contribution in [0.1, 0.15) is 38.8 Å². The van der Waals surface area contributed by atoms with Gasteiger partial charge in [-0.15, -0.1) is 0 Å². The molecule has 0 aliphatic rings. The lowest BCUT2D eigenvalue weighted by atomic mass is 9.91. The third-order valence-electron chi connectivity index (χ3n) is 4.37. The molecule has 1 atom stereocenters. The summed E-state index contributed by atoms with van der Waals surface area (Å²) in [6, 6.07) is 11.9. The summed E-state index contributed by atoms with van der Waals surface area (Å²) in [6.45, 7) is 8.51. The van der Waals surface area contributed by atoms with Gasteiger partial charge < -0.3 is 25.6 Å². The largest absolute Gasteiger partial charge is 0.494 e. The number of carbonyl (C=O) groups is 1. The van der Waals surface area contributed by atoms with E-state index in [0.717, 1.165) is 0 Å². The van der Waals surface area contributed by atoms with Crippen molar-refractivity contribution in [3.63, 3.8) is 0 Å². The smallest absolute Gasteiger partial charge is 0.333 e. The second-order valence-electron chi connectivity index (χ2n) is 7.38. The molecule has 0 saturated carbocycles. The molecule has 0 aliphatic heterocycles. The summed E-state index contributed by atoms with van der Waals surface area (Å²) < 4.78 is 11.4.